The monoisotopic (exact) mass is 486 g/mol. The first kappa shape index (κ1) is 18.8. The van der Waals surface area contributed by atoms with Crippen molar-refractivity contribution in [2.24, 2.45) is 0 Å². The van der Waals surface area contributed by atoms with Gasteiger partial charge in [-0.15, -0.1) is 0 Å². The first-order valence-electron chi connectivity index (χ1n) is 9.14. The van der Waals surface area contributed by atoms with Crippen LogP contribution >= 0.6 is 22.6 Å². The van der Waals surface area contributed by atoms with Crippen molar-refractivity contribution in [2.45, 2.75) is 12.8 Å². The molecule has 0 unspecified atom stereocenters. The molecule has 1 N–H and O–H groups in total. The van der Waals surface area contributed by atoms with E-state index in [0.29, 0.717) is 18.0 Å². The molecule has 4 nitrogen and oxygen atoms in total. The Morgan fingerprint density at radius 3 is 2.57 bits per heavy atom. The van der Waals surface area contributed by atoms with Gasteiger partial charge in [-0.25, -0.2) is 0 Å². The van der Waals surface area contributed by atoms with E-state index in [-0.39, 0.29) is 11.2 Å². The molecule has 0 saturated carbocycles. The molecular weight excluding hydrogens is 467 g/mol. The van der Waals surface area contributed by atoms with Crippen LogP contribution in [0.5, 0.6) is 11.5 Å². The molecule has 0 fully saturated rings. The molecule has 1 aliphatic heterocycles. The van der Waals surface area contributed by atoms with Crippen LogP contribution < -0.4 is 10.2 Å². The number of halogens is 1. The van der Waals surface area contributed by atoms with Crippen LogP contribution in [0.1, 0.15) is 12.8 Å². The van der Waals surface area contributed by atoms with Gasteiger partial charge < -0.3 is 14.3 Å². The zero-order valence-electron chi connectivity index (χ0n) is 15.2. The van der Waals surface area contributed by atoms with Crippen molar-refractivity contribution < 1.29 is 14.3 Å². The van der Waals surface area contributed by atoms with Gasteiger partial charge in [-0.2, -0.15) is 0 Å². The zero-order chi connectivity index (χ0) is 19.5. The molecule has 0 bridgehead atoms. The molecule has 2 aromatic rings. The van der Waals surface area contributed by atoms with Crippen LogP contribution in [0.15, 0.2) is 69.9 Å². The van der Waals surface area contributed by atoms with Crippen LogP contribution in [-0.2, 0) is 0 Å². The summed E-state index contributed by atoms with van der Waals surface area (Å²) in [5.74, 6) is 1.46. The standard InChI is InChI=1S/C23H19IO4/c24-11-1-2-12-27-18-7-3-15(4-8-18)23-19-9-5-16(25)13-21(19)28-22-14-17(26)6-10-20(22)23/h3-10,13-14,25H,1-2,11-12H2. The lowest BCUT2D eigenvalue weighted by Gasteiger charge is -2.15. The molecule has 0 radical (unpaired) electrons. The minimum Gasteiger partial charge on any atom is -0.508 e. The van der Waals surface area contributed by atoms with Crippen molar-refractivity contribution in [3.8, 4) is 33.9 Å². The first-order valence-corrected chi connectivity index (χ1v) is 10.7. The van der Waals surface area contributed by atoms with Crippen molar-refractivity contribution in [1.82, 2.24) is 0 Å². The topological polar surface area (TPSA) is 59.7 Å². The molecule has 2 aromatic carbocycles. The summed E-state index contributed by atoms with van der Waals surface area (Å²) >= 11 is 2.37. The lowest BCUT2D eigenvalue weighted by molar-refractivity contribution is 0.310. The molecule has 5 heteroatoms. The van der Waals surface area contributed by atoms with E-state index in [4.69, 9.17) is 9.15 Å². The third-order valence-electron chi connectivity index (χ3n) is 4.62. The fourth-order valence-electron chi connectivity index (χ4n) is 3.27. The number of phenols is 1. The quantitative estimate of drug-likeness (QED) is 0.161. The number of ether oxygens (including phenoxy) is 1. The predicted molar refractivity (Wildman–Crippen MR) is 120 cm³/mol. The maximum Gasteiger partial charge on any atom is 0.182 e. The molecule has 0 amide bonds. The van der Waals surface area contributed by atoms with Gasteiger partial charge in [0.2, 0.25) is 0 Å². The second-order valence-electron chi connectivity index (χ2n) is 6.58. The van der Waals surface area contributed by atoms with E-state index in [1.54, 1.807) is 18.2 Å². The molecule has 4 rings (SSSR count). The summed E-state index contributed by atoms with van der Waals surface area (Å²) < 4.78 is 12.8. The van der Waals surface area contributed by atoms with Crippen molar-refractivity contribution in [3.05, 3.63) is 70.9 Å². The van der Waals surface area contributed by atoms with Crippen molar-refractivity contribution in [1.29, 1.82) is 0 Å². The van der Waals surface area contributed by atoms with Crippen molar-refractivity contribution >= 4 is 33.6 Å². The van der Waals surface area contributed by atoms with Crippen LogP contribution in [0, 0.1) is 0 Å². The number of hydrogen-bond donors (Lipinski definition) is 1. The summed E-state index contributed by atoms with van der Waals surface area (Å²) in [7, 11) is 0. The van der Waals surface area contributed by atoms with E-state index >= 15 is 0 Å². The highest BCUT2D eigenvalue weighted by atomic mass is 127. The predicted octanol–water partition coefficient (Wildman–Crippen LogP) is 5.86. The summed E-state index contributed by atoms with van der Waals surface area (Å²) in [5.41, 5.74) is 3.24. The van der Waals surface area contributed by atoms with E-state index < -0.39 is 0 Å². The summed E-state index contributed by atoms with van der Waals surface area (Å²) in [6.45, 7) is 0.712. The van der Waals surface area contributed by atoms with Gasteiger partial charge in [0.15, 0.2) is 5.43 Å². The second-order valence-corrected chi connectivity index (χ2v) is 7.66. The number of benzene rings is 3. The fourth-order valence-corrected chi connectivity index (χ4v) is 3.81. The highest BCUT2D eigenvalue weighted by Crippen LogP contribution is 2.40. The van der Waals surface area contributed by atoms with Gasteiger partial charge in [-0.05, 0) is 59.2 Å². The summed E-state index contributed by atoms with van der Waals surface area (Å²) in [4.78, 5) is 11.8. The summed E-state index contributed by atoms with van der Waals surface area (Å²) in [6.07, 6.45) is 2.19. The highest BCUT2D eigenvalue weighted by Gasteiger charge is 2.17. The highest BCUT2D eigenvalue weighted by molar-refractivity contribution is 14.1. The lowest BCUT2D eigenvalue weighted by Crippen LogP contribution is -2.00. The van der Waals surface area contributed by atoms with Gasteiger partial charge in [0, 0.05) is 28.6 Å². The molecular formula is C23H19IO4. The smallest absolute Gasteiger partial charge is 0.182 e. The number of phenolic OH excluding ortho intramolecular Hbond substituents is 1. The maximum atomic E-state index is 11.8. The van der Waals surface area contributed by atoms with Gasteiger partial charge in [-0.1, -0.05) is 34.7 Å². The van der Waals surface area contributed by atoms with E-state index in [9.17, 15) is 9.90 Å². The number of unbranched alkanes of at least 4 members (excludes halogenated alkanes) is 1. The van der Waals surface area contributed by atoms with E-state index in [1.807, 2.05) is 30.3 Å². The number of fused-ring (bicyclic) bond motifs is 2. The molecule has 0 aromatic heterocycles. The maximum absolute atomic E-state index is 11.8. The largest absolute Gasteiger partial charge is 0.508 e. The van der Waals surface area contributed by atoms with Crippen LogP contribution in [-0.4, -0.2) is 16.1 Å². The van der Waals surface area contributed by atoms with E-state index in [2.05, 4.69) is 22.6 Å². The van der Waals surface area contributed by atoms with Gasteiger partial charge in [-0.3, -0.25) is 4.79 Å². The van der Waals surface area contributed by atoms with Crippen molar-refractivity contribution in [3.63, 3.8) is 0 Å². The average molecular weight is 486 g/mol. The lowest BCUT2D eigenvalue weighted by atomic mass is 9.93. The van der Waals surface area contributed by atoms with Crippen LogP contribution in [0.3, 0.4) is 0 Å². The van der Waals surface area contributed by atoms with E-state index in [0.717, 1.165) is 45.1 Å². The fraction of sp³-hybridized carbons (Fsp3) is 0.174. The Hall–Kier alpha value is -2.54. The Balaban J connectivity index is 1.79. The number of aromatic hydroxyl groups is 1. The molecule has 2 aliphatic rings. The zero-order valence-corrected chi connectivity index (χ0v) is 17.3. The molecule has 0 spiro atoms. The third-order valence-corrected chi connectivity index (χ3v) is 5.38. The first-order chi connectivity index (χ1) is 13.7. The molecule has 28 heavy (non-hydrogen) atoms. The Kier molecular flexibility index (Phi) is 5.52. The Bertz CT molecular complexity index is 1130. The van der Waals surface area contributed by atoms with Crippen molar-refractivity contribution in [2.75, 3.05) is 11.0 Å². The number of hydrogen-bond acceptors (Lipinski definition) is 4. The molecule has 0 saturated heterocycles. The minimum atomic E-state index is -0.114. The van der Waals surface area contributed by atoms with Gasteiger partial charge in [0.1, 0.15) is 22.8 Å². The number of rotatable bonds is 6. The Morgan fingerprint density at radius 1 is 0.964 bits per heavy atom. The molecule has 1 aliphatic carbocycles. The van der Waals surface area contributed by atoms with Gasteiger partial charge in [0.25, 0.3) is 0 Å². The molecule has 1 heterocycles. The third kappa shape index (κ3) is 3.85. The van der Waals surface area contributed by atoms with Crippen LogP contribution in [0.2, 0.25) is 0 Å². The second kappa shape index (κ2) is 8.22. The molecule has 142 valence electrons. The SMILES string of the molecule is O=c1ccc2c(-c3ccc(OCCCCI)cc3)c3ccc(O)cc3oc-2c1. The van der Waals surface area contributed by atoms with Gasteiger partial charge >= 0.3 is 0 Å². The van der Waals surface area contributed by atoms with E-state index in [1.165, 1.54) is 12.1 Å². The Labute approximate surface area is 176 Å². The van der Waals surface area contributed by atoms with Gasteiger partial charge in [0.05, 0.1) is 6.61 Å². The number of alkyl halides is 1. The average Bonchev–Trinajstić information content (AvgIpc) is 2.70. The molecule has 0 atom stereocenters. The normalized spacial score (nSPS) is 11.2. The van der Waals surface area contributed by atoms with Crippen LogP contribution in [0.4, 0.5) is 0 Å². The van der Waals surface area contributed by atoms with Crippen LogP contribution in [0.25, 0.3) is 33.4 Å². The Morgan fingerprint density at radius 2 is 1.79 bits per heavy atom. The summed E-state index contributed by atoms with van der Waals surface area (Å²) in [6, 6.07) is 17.8. The minimum absolute atomic E-state index is 0.114. The summed E-state index contributed by atoms with van der Waals surface area (Å²) in [5, 5.41) is 10.7.